The van der Waals surface area contributed by atoms with Crippen molar-refractivity contribution in [3.05, 3.63) is 89.4 Å². The lowest BCUT2D eigenvalue weighted by atomic mass is 10.00. The normalized spacial score (nSPS) is 18.5. The van der Waals surface area contributed by atoms with Gasteiger partial charge in [0, 0.05) is 75.2 Å². The molecular formula is C44H57FN10O4. The summed E-state index contributed by atoms with van der Waals surface area (Å²) in [5, 5.41) is 8.82. The smallest absolute Gasteiger partial charge is 0.328 e. The predicted octanol–water partition coefficient (Wildman–Crippen LogP) is 6.23. The van der Waals surface area contributed by atoms with E-state index in [1.54, 1.807) is 18.3 Å². The lowest BCUT2D eigenvalue weighted by Crippen LogP contribution is -2.52. The van der Waals surface area contributed by atoms with Crippen molar-refractivity contribution < 1.29 is 23.5 Å². The number of imide groups is 1. The van der Waals surface area contributed by atoms with Gasteiger partial charge >= 0.3 is 6.03 Å². The van der Waals surface area contributed by atoms with E-state index in [1.807, 2.05) is 37.1 Å². The second-order valence-corrected chi connectivity index (χ2v) is 15.1. The zero-order chi connectivity index (χ0) is 42.1. The topological polar surface area (TPSA) is 148 Å². The highest BCUT2D eigenvalue weighted by Gasteiger charge is 2.27. The number of piperazine rings is 1. The molecule has 0 spiro atoms. The molecule has 15 heteroatoms. The summed E-state index contributed by atoms with van der Waals surface area (Å²) >= 11 is 0. The van der Waals surface area contributed by atoms with Crippen LogP contribution in [0.2, 0.25) is 0 Å². The first kappa shape index (κ1) is 42.8. The molecular weight excluding hydrogens is 752 g/mol. The first-order valence-electron chi connectivity index (χ1n) is 20.6. The minimum atomic E-state index is -0.412. The van der Waals surface area contributed by atoms with Crippen LogP contribution in [-0.4, -0.2) is 108 Å². The van der Waals surface area contributed by atoms with Crippen LogP contribution < -0.4 is 30.5 Å². The average molecular weight is 809 g/mol. The molecule has 3 fully saturated rings. The largest absolute Gasteiger partial charge is 0.474 e. The SMILES string of the molecule is C=C(/N=C1/CN(c2cnc3c(c2C)NCCO3)CC/C1=C/C)Nc1ccc(CC(=O)N2CCN(C(CC)CC)CC2)c(F)c1.Cc1ccc(N2CCC(=O)NC2=O)cn1. The summed E-state index contributed by atoms with van der Waals surface area (Å²) in [4.78, 5) is 56.9. The molecule has 0 unspecified atom stereocenters. The molecule has 14 nitrogen and oxygen atoms in total. The van der Waals surface area contributed by atoms with E-state index in [1.165, 1.54) is 11.0 Å². The Hall–Kier alpha value is -5.83. The third-order valence-electron chi connectivity index (χ3n) is 11.3. The first-order valence-corrected chi connectivity index (χ1v) is 20.6. The molecule has 0 atom stereocenters. The minimum absolute atomic E-state index is 0.0296. The van der Waals surface area contributed by atoms with E-state index in [-0.39, 0.29) is 24.3 Å². The highest BCUT2D eigenvalue weighted by atomic mass is 19.1. The second-order valence-electron chi connectivity index (χ2n) is 15.1. The molecule has 3 N–H and O–H groups in total. The van der Waals surface area contributed by atoms with Crippen LogP contribution in [0.25, 0.3) is 0 Å². The number of carbonyl (C=O) groups excluding carboxylic acids is 3. The van der Waals surface area contributed by atoms with Crippen LogP contribution in [0.1, 0.15) is 63.3 Å². The number of pyridine rings is 2. The number of hydrogen-bond donors (Lipinski definition) is 3. The molecule has 0 bridgehead atoms. The Balaban J connectivity index is 0.000000326. The van der Waals surface area contributed by atoms with Crippen LogP contribution in [0.3, 0.4) is 0 Å². The summed E-state index contributed by atoms with van der Waals surface area (Å²) in [5.74, 6) is 0.406. The average Bonchev–Trinajstić information content (AvgIpc) is 3.23. The van der Waals surface area contributed by atoms with E-state index in [2.05, 4.69) is 69.1 Å². The van der Waals surface area contributed by atoms with Gasteiger partial charge in [-0.15, -0.1) is 0 Å². The van der Waals surface area contributed by atoms with Crippen LogP contribution in [0.4, 0.5) is 31.9 Å². The van der Waals surface area contributed by atoms with Gasteiger partial charge in [-0.05, 0) is 75.4 Å². The molecule has 3 saturated heterocycles. The highest BCUT2D eigenvalue weighted by Crippen LogP contribution is 2.36. The van der Waals surface area contributed by atoms with Crippen molar-refractivity contribution in [2.75, 3.05) is 79.4 Å². The molecule has 4 amide bonds. The summed E-state index contributed by atoms with van der Waals surface area (Å²) in [5.41, 5.74) is 7.71. The minimum Gasteiger partial charge on any atom is -0.474 e. The molecule has 0 radical (unpaired) electrons. The maximum Gasteiger partial charge on any atom is 0.328 e. The van der Waals surface area contributed by atoms with E-state index in [4.69, 9.17) is 9.73 Å². The van der Waals surface area contributed by atoms with Crippen LogP contribution in [0.5, 0.6) is 5.88 Å². The number of halogens is 1. The van der Waals surface area contributed by atoms with E-state index in [0.717, 1.165) is 79.4 Å². The van der Waals surface area contributed by atoms with E-state index in [0.29, 0.717) is 73.9 Å². The van der Waals surface area contributed by atoms with Gasteiger partial charge in [-0.1, -0.05) is 32.6 Å². The molecule has 4 aliphatic rings. The molecule has 3 aromatic rings. The molecule has 2 aromatic heterocycles. The Morgan fingerprint density at radius 3 is 2.49 bits per heavy atom. The summed E-state index contributed by atoms with van der Waals surface area (Å²) in [6.45, 7) is 20.9. The number of rotatable bonds is 10. The van der Waals surface area contributed by atoms with Gasteiger partial charge in [-0.3, -0.25) is 29.7 Å². The zero-order valence-corrected chi connectivity index (χ0v) is 34.9. The maximum absolute atomic E-state index is 15.1. The number of benzene rings is 1. The van der Waals surface area contributed by atoms with Crippen LogP contribution in [0.15, 0.2) is 71.8 Å². The number of nitrogens with one attached hydrogen (secondary N) is 3. The third-order valence-corrected chi connectivity index (χ3v) is 11.3. The predicted molar refractivity (Wildman–Crippen MR) is 231 cm³/mol. The van der Waals surface area contributed by atoms with Crippen molar-refractivity contribution in [3.63, 3.8) is 0 Å². The molecule has 6 heterocycles. The molecule has 0 saturated carbocycles. The van der Waals surface area contributed by atoms with Crippen molar-refractivity contribution in [1.82, 2.24) is 25.1 Å². The number of aliphatic imine (C=N–C) groups is 1. The second kappa shape index (κ2) is 19.7. The Bertz CT molecular complexity index is 2080. The fraction of sp³-hybridized carbons (Fsp3) is 0.455. The lowest BCUT2D eigenvalue weighted by Gasteiger charge is -2.39. The Labute approximate surface area is 346 Å². The number of piperidine rings is 1. The van der Waals surface area contributed by atoms with Gasteiger partial charge in [-0.2, -0.15) is 0 Å². The van der Waals surface area contributed by atoms with Crippen molar-refractivity contribution in [1.29, 1.82) is 0 Å². The van der Waals surface area contributed by atoms with Gasteiger partial charge in [0.1, 0.15) is 23.9 Å². The fourth-order valence-electron chi connectivity index (χ4n) is 7.89. The maximum atomic E-state index is 15.1. The quantitative estimate of drug-likeness (QED) is 0.216. The molecule has 0 aliphatic carbocycles. The standard InChI is InChI=1S/C34H46FN7O2.C10H11N3O2/c1-6-25-11-13-42(31-21-37-34-33(23(31)4)36-12-18-44-34)22-30(25)39-24(5)38-27-10-9-26(29(35)20-27)19-32(43)41-16-14-40(15-17-41)28(7-2)8-3;1-7-2-3-8(6-11-7)13-5-4-9(14)12-10(13)15/h6,9-10,20-21,28,36,38H,5,7-8,11-19,22H2,1-4H3;2-3,6H,4-5H2,1H3,(H,12,14,15)/b25-6-,39-30-;. The molecule has 314 valence electrons. The molecule has 7 rings (SSSR count). The number of aromatic nitrogens is 2. The number of allylic oxidation sites excluding steroid dienone is 1. The van der Waals surface area contributed by atoms with Gasteiger partial charge in [0.25, 0.3) is 0 Å². The number of urea groups is 1. The third kappa shape index (κ3) is 10.6. The highest BCUT2D eigenvalue weighted by molar-refractivity contribution is 6.06. The number of nitrogens with zero attached hydrogens (tertiary/aromatic N) is 7. The van der Waals surface area contributed by atoms with Crippen LogP contribution >= 0.6 is 0 Å². The number of carbonyl (C=O) groups is 3. The lowest BCUT2D eigenvalue weighted by molar-refractivity contribution is -0.132. The molecule has 1 aromatic carbocycles. The summed E-state index contributed by atoms with van der Waals surface area (Å²) in [7, 11) is 0. The van der Waals surface area contributed by atoms with E-state index < -0.39 is 5.82 Å². The van der Waals surface area contributed by atoms with Gasteiger partial charge in [0.2, 0.25) is 17.7 Å². The van der Waals surface area contributed by atoms with Gasteiger partial charge < -0.3 is 25.2 Å². The first-order chi connectivity index (χ1) is 28.5. The summed E-state index contributed by atoms with van der Waals surface area (Å²) in [6, 6.07) is 8.71. The summed E-state index contributed by atoms with van der Waals surface area (Å²) < 4.78 is 20.8. The molecule has 4 aliphatic heterocycles. The van der Waals surface area contributed by atoms with Gasteiger partial charge in [0.15, 0.2) is 0 Å². The van der Waals surface area contributed by atoms with E-state index in [9.17, 15) is 14.4 Å². The van der Waals surface area contributed by atoms with Crippen molar-refractivity contribution >= 4 is 46.3 Å². The number of hydrogen-bond acceptors (Lipinski definition) is 11. The Kier molecular flexibility index (Phi) is 14.3. The number of aryl methyl sites for hydroxylation is 1. The number of fused-ring (bicyclic) bond motifs is 1. The van der Waals surface area contributed by atoms with E-state index >= 15 is 4.39 Å². The zero-order valence-electron chi connectivity index (χ0n) is 34.9. The molecule has 59 heavy (non-hydrogen) atoms. The van der Waals surface area contributed by atoms with Crippen molar-refractivity contribution in [2.45, 2.75) is 72.8 Å². The summed E-state index contributed by atoms with van der Waals surface area (Å²) in [6.07, 6.45) is 9.05. The monoisotopic (exact) mass is 808 g/mol. The number of ether oxygens (including phenoxy) is 1. The number of anilines is 4. The van der Waals surface area contributed by atoms with Gasteiger partial charge in [0.05, 0.1) is 42.4 Å². The van der Waals surface area contributed by atoms with Crippen molar-refractivity contribution in [2.24, 2.45) is 4.99 Å². The van der Waals surface area contributed by atoms with Crippen molar-refractivity contribution in [3.8, 4) is 5.88 Å². The Morgan fingerprint density at radius 2 is 1.81 bits per heavy atom. The van der Waals surface area contributed by atoms with Crippen LogP contribution in [0, 0.1) is 19.7 Å². The van der Waals surface area contributed by atoms with Gasteiger partial charge in [-0.25, -0.2) is 19.2 Å². The number of amides is 4. The fourth-order valence-corrected chi connectivity index (χ4v) is 7.89. The Morgan fingerprint density at radius 1 is 1.03 bits per heavy atom. The van der Waals surface area contributed by atoms with Crippen LogP contribution in [-0.2, 0) is 16.0 Å².